The number of benzene rings is 2. The van der Waals surface area contributed by atoms with Gasteiger partial charge in [0.2, 0.25) is 0 Å². The van der Waals surface area contributed by atoms with Crippen molar-refractivity contribution in [2.75, 3.05) is 0 Å². The zero-order valence-electron chi connectivity index (χ0n) is 10.9. The summed E-state index contributed by atoms with van der Waals surface area (Å²) in [4.78, 5) is 0. The van der Waals surface area contributed by atoms with Gasteiger partial charge in [0.1, 0.15) is 0 Å². The molecule has 100 valence electrons. The Kier molecular flexibility index (Phi) is 4.20. The Bertz CT molecular complexity index is 593. The molecular formula is C16H15ClF2. The van der Waals surface area contributed by atoms with Gasteiger partial charge in [0.25, 0.3) is 0 Å². The van der Waals surface area contributed by atoms with Crippen LogP contribution in [0, 0.1) is 25.5 Å². The van der Waals surface area contributed by atoms with Crippen LogP contribution in [0.1, 0.15) is 27.6 Å². The summed E-state index contributed by atoms with van der Waals surface area (Å²) in [6, 6.07) is 9.92. The average Bonchev–Trinajstić information content (AvgIpc) is 2.37. The fourth-order valence-electron chi connectivity index (χ4n) is 1.95. The van der Waals surface area contributed by atoms with Crippen molar-refractivity contribution in [3.8, 4) is 0 Å². The summed E-state index contributed by atoms with van der Waals surface area (Å²) in [5, 5.41) is -0.246. The Labute approximate surface area is 117 Å². The first-order chi connectivity index (χ1) is 8.97. The Hall–Kier alpha value is -1.41. The topological polar surface area (TPSA) is 0 Å². The van der Waals surface area contributed by atoms with E-state index in [0.717, 1.165) is 11.6 Å². The van der Waals surface area contributed by atoms with E-state index in [9.17, 15) is 8.78 Å². The van der Waals surface area contributed by atoms with Gasteiger partial charge in [-0.3, -0.25) is 0 Å². The molecule has 0 saturated heterocycles. The second-order valence-electron chi connectivity index (χ2n) is 4.76. The predicted molar refractivity (Wildman–Crippen MR) is 74.6 cm³/mol. The molecule has 2 rings (SSSR count). The fraction of sp³-hybridized carbons (Fsp3) is 0.250. The summed E-state index contributed by atoms with van der Waals surface area (Å²) in [5.74, 6) is -1.66. The van der Waals surface area contributed by atoms with E-state index < -0.39 is 11.6 Å². The van der Waals surface area contributed by atoms with Crippen LogP contribution in [-0.4, -0.2) is 0 Å². The van der Waals surface area contributed by atoms with Crippen LogP contribution in [0.4, 0.5) is 8.78 Å². The normalized spacial score (nSPS) is 12.5. The summed E-state index contributed by atoms with van der Waals surface area (Å²) in [7, 11) is 0. The van der Waals surface area contributed by atoms with E-state index in [0.29, 0.717) is 12.0 Å². The van der Waals surface area contributed by atoms with Gasteiger partial charge in [-0.2, -0.15) is 0 Å². The highest BCUT2D eigenvalue weighted by Gasteiger charge is 2.11. The second-order valence-corrected chi connectivity index (χ2v) is 5.29. The number of halogens is 3. The molecular weight excluding hydrogens is 266 g/mol. The number of rotatable bonds is 3. The molecule has 3 heteroatoms. The number of hydrogen-bond donors (Lipinski definition) is 0. The first-order valence-corrected chi connectivity index (χ1v) is 6.56. The zero-order chi connectivity index (χ0) is 14.0. The molecule has 1 unspecified atom stereocenters. The Morgan fingerprint density at radius 3 is 2.32 bits per heavy atom. The van der Waals surface area contributed by atoms with Crippen molar-refractivity contribution in [2.24, 2.45) is 0 Å². The summed E-state index contributed by atoms with van der Waals surface area (Å²) in [6.45, 7) is 4.07. The highest BCUT2D eigenvalue weighted by atomic mass is 35.5. The van der Waals surface area contributed by atoms with Gasteiger partial charge in [0.05, 0.1) is 5.38 Å². The standard InChI is InChI=1S/C16H15ClF2/c1-10-3-5-13(7-11(10)2)14(17)8-12-4-6-15(18)16(19)9-12/h3-7,9,14H,8H2,1-2H3. The first-order valence-electron chi connectivity index (χ1n) is 6.12. The van der Waals surface area contributed by atoms with Crippen molar-refractivity contribution in [1.29, 1.82) is 0 Å². The molecule has 0 aliphatic carbocycles. The third kappa shape index (κ3) is 3.32. The van der Waals surface area contributed by atoms with Gasteiger partial charge >= 0.3 is 0 Å². The van der Waals surface area contributed by atoms with Gasteiger partial charge in [0.15, 0.2) is 11.6 Å². The third-order valence-electron chi connectivity index (χ3n) is 3.29. The van der Waals surface area contributed by atoms with Gasteiger partial charge in [-0.15, -0.1) is 11.6 Å². The van der Waals surface area contributed by atoms with Crippen molar-refractivity contribution in [1.82, 2.24) is 0 Å². The molecule has 0 nitrogen and oxygen atoms in total. The molecule has 19 heavy (non-hydrogen) atoms. The van der Waals surface area contributed by atoms with Crippen LogP contribution < -0.4 is 0 Å². The monoisotopic (exact) mass is 280 g/mol. The quantitative estimate of drug-likeness (QED) is 0.686. The van der Waals surface area contributed by atoms with Gasteiger partial charge in [-0.05, 0) is 54.7 Å². The van der Waals surface area contributed by atoms with E-state index in [-0.39, 0.29) is 5.38 Å². The third-order valence-corrected chi connectivity index (χ3v) is 3.70. The van der Waals surface area contributed by atoms with Crippen LogP contribution in [0.3, 0.4) is 0 Å². The SMILES string of the molecule is Cc1ccc(C(Cl)Cc2ccc(F)c(F)c2)cc1C. The Morgan fingerprint density at radius 2 is 1.68 bits per heavy atom. The molecule has 0 heterocycles. The second kappa shape index (κ2) is 5.70. The van der Waals surface area contributed by atoms with Crippen molar-refractivity contribution < 1.29 is 8.78 Å². The summed E-state index contributed by atoms with van der Waals surface area (Å²) >= 11 is 6.34. The number of hydrogen-bond acceptors (Lipinski definition) is 0. The Balaban J connectivity index is 2.17. The van der Waals surface area contributed by atoms with Crippen LogP contribution in [0.2, 0.25) is 0 Å². The van der Waals surface area contributed by atoms with Crippen molar-refractivity contribution in [2.45, 2.75) is 25.6 Å². The Morgan fingerprint density at radius 1 is 0.947 bits per heavy atom. The van der Waals surface area contributed by atoms with Gasteiger partial charge < -0.3 is 0 Å². The molecule has 0 spiro atoms. The van der Waals surface area contributed by atoms with E-state index in [1.807, 2.05) is 32.0 Å². The molecule has 1 atom stereocenters. The summed E-state index contributed by atoms with van der Waals surface area (Å²) in [5.41, 5.74) is 4.07. The molecule has 0 N–H and O–H groups in total. The molecule has 2 aromatic rings. The molecule has 0 fully saturated rings. The van der Waals surface area contributed by atoms with Gasteiger partial charge in [-0.1, -0.05) is 24.3 Å². The van der Waals surface area contributed by atoms with Crippen LogP contribution in [0.5, 0.6) is 0 Å². The molecule has 0 bridgehead atoms. The largest absolute Gasteiger partial charge is 0.204 e. The minimum Gasteiger partial charge on any atom is -0.204 e. The maximum atomic E-state index is 13.1. The van der Waals surface area contributed by atoms with E-state index in [1.54, 1.807) is 6.07 Å². The minimum absolute atomic E-state index is 0.246. The van der Waals surface area contributed by atoms with E-state index in [1.165, 1.54) is 17.2 Å². The highest BCUT2D eigenvalue weighted by Crippen LogP contribution is 2.27. The van der Waals surface area contributed by atoms with Crippen molar-refractivity contribution >= 4 is 11.6 Å². The lowest BCUT2D eigenvalue weighted by Crippen LogP contribution is -1.98. The van der Waals surface area contributed by atoms with Crippen LogP contribution >= 0.6 is 11.6 Å². The molecule has 0 amide bonds. The summed E-state index contributed by atoms with van der Waals surface area (Å²) < 4.78 is 26.0. The van der Waals surface area contributed by atoms with Gasteiger partial charge in [0, 0.05) is 0 Å². The van der Waals surface area contributed by atoms with E-state index in [2.05, 4.69) is 0 Å². The van der Waals surface area contributed by atoms with Crippen molar-refractivity contribution in [3.05, 3.63) is 70.3 Å². The molecule has 0 aliphatic rings. The summed E-state index contributed by atoms with van der Waals surface area (Å²) in [6.07, 6.45) is 0.473. The molecule has 2 aromatic carbocycles. The lowest BCUT2D eigenvalue weighted by Gasteiger charge is -2.12. The molecule has 0 radical (unpaired) electrons. The molecule has 0 aliphatic heterocycles. The van der Waals surface area contributed by atoms with Gasteiger partial charge in [-0.25, -0.2) is 8.78 Å². The van der Waals surface area contributed by atoms with Crippen LogP contribution in [-0.2, 0) is 6.42 Å². The number of aryl methyl sites for hydroxylation is 2. The van der Waals surface area contributed by atoms with E-state index >= 15 is 0 Å². The smallest absolute Gasteiger partial charge is 0.159 e. The van der Waals surface area contributed by atoms with Crippen molar-refractivity contribution in [3.63, 3.8) is 0 Å². The average molecular weight is 281 g/mol. The zero-order valence-corrected chi connectivity index (χ0v) is 11.6. The van der Waals surface area contributed by atoms with Crippen LogP contribution in [0.15, 0.2) is 36.4 Å². The molecule has 0 saturated carbocycles. The number of alkyl halides is 1. The predicted octanol–water partition coefficient (Wildman–Crippen LogP) is 5.10. The fourth-order valence-corrected chi connectivity index (χ4v) is 2.26. The lowest BCUT2D eigenvalue weighted by atomic mass is 10.00. The lowest BCUT2D eigenvalue weighted by molar-refractivity contribution is 0.507. The maximum absolute atomic E-state index is 13.1. The highest BCUT2D eigenvalue weighted by molar-refractivity contribution is 6.20. The minimum atomic E-state index is -0.832. The van der Waals surface area contributed by atoms with E-state index in [4.69, 9.17) is 11.6 Å². The first kappa shape index (κ1) is 14.0. The van der Waals surface area contributed by atoms with Crippen LogP contribution in [0.25, 0.3) is 0 Å². The molecule has 0 aromatic heterocycles. The maximum Gasteiger partial charge on any atom is 0.159 e.